The molecule has 0 rings (SSSR count). The van der Waals surface area contributed by atoms with Crippen LogP contribution in [0.1, 0.15) is 39.0 Å². The number of rotatable bonds is 7. The van der Waals surface area contributed by atoms with Crippen LogP contribution in [-0.2, 0) is 4.79 Å². The van der Waals surface area contributed by atoms with Crippen LogP contribution in [-0.4, -0.2) is 11.1 Å². The van der Waals surface area contributed by atoms with Crippen LogP contribution in [0.3, 0.4) is 0 Å². The van der Waals surface area contributed by atoms with Crippen LogP contribution in [0.5, 0.6) is 0 Å². The highest BCUT2D eigenvalue weighted by Crippen LogP contribution is 1.96. The second-order valence-corrected chi connectivity index (χ2v) is 2.93. The molecule has 0 aromatic heterocycles. The van der Waals surface area contributed by atoms with Gasteiger partial charge in [-0.1, -0.05) is 44.1 Å². The Bertz CT molecular complexity index is 181. The Morgan fingerprint density at radius 1 is 1.23 bits per heavy atom. The highest BCUT2D eigenvalue weighted by molar-refractivity contribution is 5.66. The number of hydrogen-bond acceptors (Lipinski definition) is 1. The van der Waals surface area contributed by atoms with E-state index < -0.39 is 5.97 Å². The molecule has 0 heterocycles. The zero-order valence-corrected chi connectivity index (χ0v) is 8.20. The molecule has 0 saturated carbocycles. The predicted molar refractivity (Wildman–Crippen MR) is 54.7 cm³/mol. The van der Waals surface area contributed by atoms with E-state index in [0.717, 1.165) is 6.42 Å². The summed E-state index contributed by atoms with van der Waals surface area (Å²) in [6, 6.07) is 0. The van der Waals surface area contributed by atoms with E-state index in [1.165, 1.54) is 12.8 Å². The lowest BCUT2D eigenvalue weighted by atomic mass is 10.2. The van der Waals surface area contributed by atoms with Gasteiger partial charge in [0.15, 0.2) is 0 Å². The van der Waals surface area contributed by atoms with Crippen LogP contribution in [0.15, 0.2) is 24.3 Å². The topological polar surface area (TPSA) is 37.3 Å². The van der Waals surface area contributed by atoms with Crippen molar-refractivity contribution in [3.63, 3.8) is 0 Å². The molecule has 0 aromatic rings. The minimum atomic E-state index is -0.736. The van der Waals surface area contributed by atoms with Gasteiger partial charge in [-0.05, 0) is 12.8 Å². The highest BCUT2D eigenvalue weighted by Gasteiger charge is 1.90. The third-order valence-corrected chi connectivity index (χ3v) is 1.63. The minimum Gasteiger partial charge on any atom is -0.481 e. The summed E-state index contributed by atoms with van der Waals surface area (Å²) in [6.07, 6.45) is 12.3. The SMILES string of the molecule is CCCCC=CC=CCCC(=O)O. The smallest absolute Gasteiger partial charge is 0.303 e. The van der Waals surface area contributed by atoms with Crippen molar-refractivity contribution in [1.29, 1.82) is 0 Å². The Kier molecular flexibility index (Phi) is 8.31. The summed E-state index contributed by atoms with van der Waals surface area (Å²) in [5.74, 6) is -0.736. The second-order valence-electron chi connectivity index (χ2n) is 2.93. The quantitative estimate of drug-likeness (QED) is 0.485. The lowest BCUT2D eigenvalue weighted by Crippen LogP contribution is -1.91. The molecule has 0 bridgehead atoms. The van der Waals surface area contributed by atoms with Crippen molar-refractivity contribution in [2.75, 3.05) is 0 Å². The van der Waals surface area contributed by atoms with Gasteiger partial charge < -0.3 is 5.11 Å². The standard InChI is InChI=1S/C11H18O2/c1-2-3-4-5-6-7-8-9-10-11(12)13/h5-8H,2-4,9-10H2,1H3,(H,12,13). The maximum absolute atomic E-state index is 10.1. The first kappa shape index (κ1) is 11.9. The van der Waals surface area contributed by atoms with E-state index >= 15 is 0 Å². The van der Waals surface area contributed by atoms with Gasteiger partial charge in [-0.25, -0.2) is 0 Å². The zero-order valence-electron chi connectivity index (χ0n) is 8.20. The van der Waals surface area contributed by atoms with Crippen LogP contribution in [0.25, 0.3) is 0 Å². The minimum absolute atomic E-state index is 0.222. The normalized spacial score (nSPS) is 11.5. The molecule has 0 radical (unpaired) electrons. The van der Waals surface area contributed by atoms with Gasteiger partial charge in [0.05, 0.1) is 0 Å². The Labute approximate surface area is 80.0 Å². The second kappa shape index (κ2) is 9.04. The number of unbranched alkanes of at least 4 members (excludes halogenated alkanes) is 2. The van der Waals surface area contributed by atoms with E-state index in [1.807, 2.05) is 18.2 Å². The molecule has 1 N–H and O–H groups in total. The molecule has 0 spiro atoms. The lowest BCUT2D eigenvalue weighted by Gasteiger charge is -1.87. The van der Waals surface area contributed by atoms with Crippen LogP contribution >= 0.6 is 0 Å². The van der Waals surface area contributed by atoms with Crippen molar-refractivity contribution in [1.82, 2.24) is 0 Å². The fraction of sp³-hybridized carbons (Fsp3) is 0.545. The van der Waals surface area contributed by atoms with Crippen molar-refractivity contribution in [3.05, 3.63) is 24.3 Å². The van der Waals surface area contributed by atoms with E-state index in [9.17, 15) is 4.79 Å². The average molecular weight is 182 g/mol. The largest absolute Gasteiger partial charge is 0.481 e. The summed E-state index contributed by atoms with van der Waals surface area (Å²) >= 11 is 0. The van der Waals surface area contributed by atoms with E-state index in [1.54, 1.807) is 0 Å². The van der Waals surface area contributed by atoms with Crippen LogP contribution in [0.4, 0.5) is 0 Å². The van der Waals surface area contributed by atoms with Crippen LogP contribution in [0.2, 0.25) is 0 Å². The van der Waals surface area contributed by atoms with Crippen molar-refractivity contribution in [2.24, 2.45) is 0 Å². The van der Waals surface area contributed by atoms with Gasteiger partial charge in [0.25, 0.3) is 0 Å². The molecule has 0 unspecified atom stereocenters. The summed E-state index contributed by atoms with van der Waals surface area (Å²) in [5, 5.41) is 8.33. The Hall–Kier alpha value is -1.05. The third kappa shape index (κ3) is 10.9. The molecule has 2 nitrogen and oxygen atoms in total. The van der Waals surface area contributed by atoms with E-state index in [4.69, 9.17) is 5.11 Å². The molecule has 0 fully saturated rings. The number of carboxylic acid groups (broad SMARTS) is 1. The van der Waals surface area contributed by atoms with Crippen LogP contribution in [0, 0.1) is 0 Å². The van der Waals surface area contributed by atoms with Gasteiger partial charge in [-0.2, -0.15) is 0 Å². The summed E-state index contributed by atoms with van der Waals surface area (Å²) < 4.78 is 0. The van der Waals surface area contributed by atoms with E-state index in [2.05, 4.69) is 13.0 Å². The zero-order chi connectivity index (χ0) is 9.94. The molecule has 0 amide bonds. The molecule has 0 saturated heterocycles. The van der Waals surface area contributed by atoms with Gasteiger partial charge >= 0.3 is 5.97 Å². The molecular weight excluding hydrogens is 164 g/mol. The van der Waals surface area contributed by atoms with E-state index in [-0.39, 0.29) is 6.42 Å². The Morgan fingerprint density at radius 3 is 2.38 bits per heavy atom. The molecular formula is C11H18O2. The first-order chi connectivity index (χ1) is 6.27. The van der Waals surface area contributed by atoms with Gasteiger partial charge in [0.2, 0.25) is 0 Å². The van der Waals surface area contributed by atoms with Crippen molar-refractivity contribution >= 4 is 5.97 Å². The van der Waals surface area contributed by atoms with E-state index in [0.29, 0.717) is 6.42 Å². The summed E-state index contributed by atoms with van der Waals surface area (Å²) in [7, 11) is 0. The number of carbonyl (C=O) groups is 1. The lowest BCUT2D eigenvalue weighted by molar-refractivity contribution is -0.136. The molecule has 74 valence electrons. The maximum atomic E-state index is 10.1. The third-order valence-electron chi connectivity index (χ3n) is 1.63. The first-order valence-electron chi connectivity index (χ1n) is 4.80. The van der Waals surface area contributed by atoms with Crippen molar-refractivity contribution in [3.8, 4) is 0 Å². The number of hydrogen-bond donors (Lipinski definition) is 1. The molecule has 0 aromatic carbocycles. The molecule has 0 aliphatic carbocycles. The van der Waals surface area contributed by atoms with Crippen molar-refractivity contribution < 1.29 is 9.90 Å². The Balaban J connectivity index is 3.29. The number of aliphatic carboxylic acids is 1. The first-order valence-corrected chi connectivity index (χ1v) is 4.80. The predicted octanol–water partition coefficient (Wildman–Crippen LogP) is 3.15. The number of allylic oxidation sites excluding steroid dienone is 4. The van der Waals surface area contributed by atoms with Crippen molar-refractivity contribution in [2.45, 2.75) is 39.0 Å². The number of carboxylic acids is 1. The maximum Gasteiger partial charge on any atom is 0.303 e. The van der Waals surface area contributed by atoms with Gasteiger partial charge in [-0.3, -0.25) is 4.79 Å². The highest BCUT2D eigenvalue weighted by atomic mass is 16.4. The monoisotopic (exact) mass is 182 g/mol. The Morgan fingerprint density at radius 2 is 1.85 bits per heavy atom. The molecule has 0 aliphatic rings. The van der Waals surface area contributed by atoms with Crippen LogP contribution < -0.4 is 0 Å². The fourth-order valence-electron chi connectivity index (χ4n) is 0.878. The fourth-order valence-corrected chi connectivity index (χ4v) is 0.878. The summed E-state index contributed by atoms with van der Waals surface area (Å²) in [5.41, 5.74) is 0. The molecule has 0 aliphatic heterocycles. The van der Waals surface area contributed by atoms with Gasteiger partial charge in [0, 0.05) is 6.42 Å². The molecule has 13 heavy (non-hydrogen) atoms. The van der Waals surface area contributed by atoms with Gasteiger partial charge in [0.1, 0.15) is 0 Å². The molecule has 0 atom stereocenters. The average Bonchev–Trinajstić information content (AvgIpc) is 2.09. The summed E-state index contributed by atoms with van der Waals surface area (Å²) in [6.45, 7) is 2.16. The summed E-state index contributed by atoms with van der Waals surface area (Å²) in [4.78, 5) is 10.1. The molecule has 2 heteroatoms. The van der Waals surface area contributed by atoms with Gasteiger partial charge in [-0.15, -0.1) is 0 Å².